The molecule has 0 bridgehead atoms. The molecule has 1 aromatic heterocycles. The van der Waals surface area contributed by atoms with Crippen LogP contribution in [0, 0.1) is 17.8 Å². The Bertz CT molecular complexity index is 439. The Labute approximate surface area is 121 Å². The Kier molecular flexibility index (Phi) is 4.11. The van der Waals surface area contributed by atoms with Crippen molar-refractivity contribution in [3.63, 3.8) is 0 Å². The van der Waals surface area contributed by atoms with Gasteiger partial charge in [0.05, 0.1) is 6.54 Å². The van der Waals surface area contributed by atoms with Gasteiger partial charge in [0.15, 0.2) is 0 Å². The van der Waals surface area contributed by atoms with Gasteiger partial charge in [0.25, 0.3) is 0 Å². The van der Waals surface area contributed by atoms with E-state index in [-0.39, 0.29) is 0 Å². The molecule has 2 aliphatic carbocycles. The van der Waals surface area contributed by atoms with E-state index in [0.717, 1.165) is 36.1 Å². The predicted octanol–water partition coefficient (Wildman–Crippen LogP) is 3.50. The fraction of sp³-hybridized carbons (Fsp3) is 0.875. The Morgan fingerprint density at radius 2 is 2.00 bits per heavy atom. The lowest BCUT2D eigenvalue weighted by atomic mass is 9.74. The first-order valence-electron chi connectivity index (χ1n) is 8.19. The molecule has 0 unspecified atom stereocenters. The van der Waals surface area contributed by atoms with Crippen LogP contribution in [0.5, 0.6) is 0 Å². The van der Waals surface area contributed by atoms with E-state index in [4.69, 9.17) is 4.42 Å². The molecule has 2 fully saturated rings. The van der Waals surface area contributed by atoms with Gasteiger partial charge in [-0.15, -0.1) is 10.2 Å². The highest BCUT2D eigenvalue weighted by Crippen LogP contribution is 2.39. The van der Waals surface area contributed by atoms with Gasteiger partial charge in [-0.2, -0.15) is 0 Å². The summed E-state index contributed by atoms with van der Waals surface area (Å²) in [5, 5.41) is 12.0. The molecule has 0 saturated heterocycles. The lowest BCUT2D eigenvalue weighted by Crippen LogP contribution is -2.42. The second kappa shape index (κ2) is 5.84. The molecular weight excluding hydrogens is 250 g/mol. The number of hydrogen-bond donors (Lipinski definition) is 1. The summed E-state index contributed by atoms with van der Waals surface area (Å²) in [5.41, 5.74) is 0. The minimum Gasteiger partial charge on any atom is -0.424 e. The van der Waals surface area contributed by atoms with Crippen molar-refractivity contribution >= 4 is 0 Å². The summed E-state index contributed by atoms with van der Waals surface area (Å²) < 4.78 is 5.74. The van der Waals surface area contributed by atoms with Crippen molar-refractivity contribution in [1.29, 1.82) is 0 Å². The van der Waals surface area contributed by atoms with Gasteiger partial charge in [0.1, 0.15) is 0 Å². The molecule has 0 spiro atoms. The number of rotatable bonds is 5. The average molecular weight is 277 g/mol. The third kappa shape index (κ3) is 3.22. The summed E-state index contributed by atoms with van der Waals surface area (Å²) >= 11 is 0. The van der Waals surface area contributed by atoms with E-state index in [0.29, 0.717) is 12.0 Å². The van der Waals surface area contributed by atoms with Crippen LogP contribution < -0.4 is 5.32 Å². The smallest absolute Gasteiger partial charge is 0.230 e. The van der Waals surface area contributed by atoms with E-state index < -0.39 is 0 Å². The van der Waals surface area contributed by atoms with Gasteiger partial charge >= 0.3 is 0 Å². The predicted molar refractivity (Wildman–Crippen MR) is 78.2 cm³/mol. The molecule has 3 atom stereocenters. The maximum atomic E-state index is 5.74. The molecule has 2 saturated carbocycles. The summed E-state index contributed by atoms with van der Waals surface area (Å²) in [6.45, 7) is 7.77. The zero-order valence-corrected chi connectivity index (χ0v) is 12.9. The highest BCUT2D eigenvalue weighted by molar-refractivity contribution is 5.00. The van der Waals surface area contributed by atoms with Gasteiger partial charge in [-0.3, -0.25) is 0 Å². The Hall–Kier alpha value is -0.900. The van der Waals surface area contributed by atoms with E-state index in [1.54, 1.807) is 0 Å². The Morgan fingerprint density at radius 3 is 2.70 bits per heavy atom. The van der Waals surface area contributed by atoms with Crippen LogP contribution >= 0.6 is 0 Å². The van der Waals surface area contributed by atoms with Gasteiger partial charge < -0.3 is 9.73 Å². The monoisotopic (exact) mass is 277 g/mol. The first kappa shape index (κ1) is 14.1. The third-order valence-corrected chi connectivity index (χ3v) is 4.95. The van der Waals surface area contributed by atoms with Crippen molar-refractivity contribution in [3.8, 4) is 0 Å². The van der Waals surface area contributed by atoms with Crippen LogP contribution in [-0.4, -0.2) is 16.2 Å². The number of aromatic nitrogens is 2. The summed E-state index contributed by atoms with van der Waals surface area (Å²) in [4.78, 5) is 0. The van der Waals surface area contributed by atoms with E-state index in [2.05, 4.69) is 36.3 Å². The van der Waals surface area contributed by atoms with Gasteiger partial charge in [0, 0.05) is 12.0 Å². The van der Waals surface area contributed by atoms with Crippen molar-refractivity contribution in [3.05, 3.63) is 11.8 Å². The molecule has 1 aromatic rings. The van der Waals surface area contributed by atoms with E-state index in [1.165, 1.54) is 32.1 Å². The fourth-order valence-corrected chi connectivity index (χ4v) is 3.49. The standard InChI is InChI=1S/C16H27N3O/c1-10(2)13-7-4-11(3)8-14(13)17-9-15-18-19-16(20-15)12-5-6-12/h10-14,17H,4-9H2,1-3H3/t11-,13+,14+/m1/s1. The summed E-state index contributed by atoms with van der Waals surface area (Å²) in [6, 6.07) is 0.593. The molecule has 2 aliphatic rings. The second-order valence-corrected chi connectivity index (χ2v) is 7.12. The molecule has 0 radical (unpaired) electrons. The van der Waals surface area contributed by atoms with Crippen LogP contribution in [0.2, 0.25) is 0 Å². The maximum absolute atomic E-state index is 5.74. The average Bonchev–Trinajstić information content (AvgIpc) is 3.15. The molecule has 112 valence electrons. The third-order valence-electron chi connectivity index (χ3n) is 4.95. The number of nitrogens with zero attached hydrogens (tertiary/aromatic N) is 2. The summed E-state index contributed by atoms with van der Waals surface area (Å²) in [6.07, 6.45) is 6.41. The normalized spacial score (nSPS) is 30.9. The van der Waals surface area contributed by atoms with Gasteiger partial charge in [0.2, 0.25) is 11.8 Å². The molecule has 0 amide bonds. The first-order valence-corrected chi connectivity index (χ1v) is 8.19. The lowest BCUT2D eigenvalue weighted by molar-refractivity contribution is 0.166. The topological polar surface area (TPSA) is 51.0 Å². The highest BCUT2D eigenvalue weighted by atomic mass is 16.4. The molecule has 0 aromatic carbocycles. The molecule has 20 heavy (non-hydrogen) atoms. The van der Waals surface area contributed by atoms with E-state index in [1.807, 2.05) is 0 Å². The molecular formula is C16H27N3O. The summed E-state index contributed by atoms with van der Waals surface area (Å²) in [5.74, 6) is 4.50. The van der Waals surface area contributed by atoms with Crippen molar-refractivity contribution in [2.24, 2.45) is 17.8 Å². The van der Waals surface area contributed by atoms with Crippen LogP contribution in [0.4, 0.5) is 0 Å². The lowest BCUT2D eigenvalue weighted by Gasteiger charge is -2.37. The largest absolute Gasteiger partial charge is 0.424 e. The van der Waals surface area contributed by atoms with Crippen LogP contribution in [-0.2, 0) is 6.54 Å². The number of nitrogens with one attached hydrogen (secondary N) is 1. The minimum absolute atomic E-state index is 0.550. The van der Waals surface area contributed by atoms with E-state index >= 15 is 0 Å². The quantitative estimate of drug-likeness (QED) is 0.895. The number of hydrogen-bond acceptors (Lipinski definition) is 4. The van der Waals surface area contributed by atoms with Gasteiger partial charge in [-0.1, -0.05) is 27.2 Å². The van der Waals surface area contributed by atoms with E-state index in [9.17, 15) is 0 Å². The Morgan fingerprint density at radius 1 is 1.20 bits per heavy atom. The van der Waals surface area contributed by atoms with Crippen molar-refractivity contribution in [2.45, 2.75) is 71.4 Å². The van der Waals surface area contributed by atoms with Crippen LogP contribution in [0.15, 0.2) is 4.42 Å². The molecule has 3 rings (SSSR count). The molecule has 4 nitrogen and oxygen atoms in total. The van der Waals surface area contributed by atoms with Crippen molar-refractivity contribution < 1.29 is 4.42 Å². The van der Waals surface area contributed by atoms with Crippen LogP contribution in [0.1, 0.15) is 70.6 Å². The van der Waals surface area contributed by atoms with Crippen LogP contribution in [0.25, 0.3) is 0 Å². The van der Waals surface area contributed by atoms with Gasteiger partial charge in [-0.25, -0.2) is 0 Å². The zero-order chi connectivity index (χ0) is 14.1. The highest BCUT2D eigenvalue weighted by Gasteiger charge is 2.31. The van der Waals surface area contributed by atoms with Crippen molar-refractivity contribution in [2.75, 3.05) is 0 Å². The molecule has 1 N–H and O–H groups in total. The zero-order valence-electron chi connectivity index (χ0n) is 12.9. The second-order valence-electron chi connectivity index (χ2n) is 7.12. The SMILES string of the molecule is CC(C)[C@@H]1CC[C@@H](C)C[C@@H]1NCc1nnc(C2CC2)o1. The van der Waals surface area contributed by atoms with Crippen LogP contribution in [0.3, 0.4) is 0 Å². The molecule has 1 heterocycles. The fourth-order valence-electron chi connectivity index (χ4n) is 3.49. The van der Waals surface area contributed by atoms with Crippen molar-refractivity contribution in [1.82, 2.24) is 15.5 Å². The molecule has 4 heteroatoms. The first-order chi connectivity index (χ1) is 9.63. The Balaban J connectivity index is 1.56. The summed E-state index contributed by atoms with van der Waals surface area (Å²) in [7, 11) is 0. The van der Waals surface area contributed by atoms with Gasteiger partial charge in [-0.05, 0) is 43.4 Å². The maximum Gasteiger partial charge on any atom is 0.230 e. The minimum atomic E-state index is 0.550. The molecule has 0 aliphatic heterocycles.